The quantitative estimate of drug-likeness (QED) is 0.469. The van der Waals surface area contributed by atoms with E-state index in [0.29, 0.717) is 48.8 Å². The van der Waals surface area contributed by atoms with Crippen molar-refractivity contribution in [2.24, 2.45) is 0 Å². The van der Waals surface area contributed by atoms with Crippen LogP contribution >= 0.6 is 0 Å². The Bertz CT molecular complexity index is 1270. The van der Waals surface area contributed by atoms with Gasteiger partial charge in [0, 0.05) is 26.2 Å². The second-order valence-electron chi connectivity index (χ2n) is 8.03. The molecule has 0 N–H and O–H groups in total. The number of carbonyl (C=O) groups is 1. The first-order valence-electron chi connectivity index (χ1n) is 11.1. The Morgan fingerprint density at radius 1 is 1.03 bits per heavy atom. The minimum absolute atomic E-state index is 0.130. The van der Waals surface area contributed by atoms with Crippen LogP contribution < -0.4 is 4.90 Å². The maximum absolute atomic E-state index is 13.7. The fourth-order valence-electron chi connectivity index (χ4n) is 4.35. The van der Waals surface area contributed by atoms with Crippen molar-refractivity contribution in [3.05, 3.63) is 72.3 Å². The number of amides is 1. The molecule has 0 spiro atoms. The van der Waals surface area contributed by atoms with Crippen LogP contribution in [0.3, 0.4) is 0 Å². The first-order valence-corrected chi connectivity index (χ1v) is 11.1. The van der Waals surface area contributed by atoms with Crippen molar-refractivity contribution in [1.29, 1.82) is 0 Å². The minimum atomic E-state index is -0.355. The lowest BCUT2D eigenvalue weighted by Gasteiger charge is -2.37. The molecule has 0 bridgehead atoms. The SMILES string of the molecule is CCC(C(=O)N1CCN(c2ncnc3c2nnn3-c2cccc(F)c2)CC1)c1ccccc1. The van der Waals surface area contributed by atoms with Gasteiger partial charge in [-0.3, -0.25) is 4.79 Å². The van der Waals surface area contributed by atoms with Crippen molar-refractivity contribution in [3.8, 4) is 5.69 Å². The number of hydrogen-bond donors (Lipinski definition) is 0. The number of aromatic nitrogens is 5. The molecule has 0 aliphatic carbocycles. The molecule has 5 rings (SSSR count). The van der Waals surface area contributed by atoms with Gasteiger partial charge in [0.2, 0.25) is 5.91 Å². The van der Waals surface area contributed by atoms with E-state index < -0.39 is 0 Å². The van der Waals surface area contributed by atoms with Gasteiger partial charge in [-0.1, -0.05) is 48.5 Å². The highest BCUT2D eigenvalue weighted by Crippen LogP contribution is 2.26. The number of benzene rings is 2. The van der Waals surface area contributed by atoms with E-state index in [2.05, 4.69) is 25.2 Å². The van der Waals surface area contributed by atoms with Gasteiger partial charge in [0.05, 0.1) is 11.6 Å². The number of nitrogens with zero attached hydrogens (tertiary/aromatic N) is 7. The fraction of sp³-hybridized carbons (Fsp3) is 0.292. The number of anilines is 1. The molecular weight excluding hydrogens is 421 g/mol. The Labute approximate surface area is 190 Å². The second kappa shape index (κ2) is 8.93. The first kappa shape index (κ1) is 21.0. The van der Waals surface area contributed by atoms with Crippen molar-refractivity contribution in [3.63, 3.8) is 0 Å². The Kier molecular flexibility index (Phi) is 5.68. The summed E-state index contributed by atoms with van der Waals surface area (Å²) < 4.78 is 15.2. The topological polar surface area (TPSA) is 80.0 Å². The molecular formula is C24H24FN7O. The third-order valence-corrected chi connectivity index (χ3v) is 6.07. The summed E-state index contributed by atoms with van der Waals surface area (Å²) in [6.45, 7) is 4.52. The smallest absolute Gasteiger partial charge is 0.230 e. The summed E-state index contributed by atoms with van der Waals surface area (Å²) in [5, 5.41) is 8.46. The van der Waals surface area contributed by atoms with E-state index in [-0.39, 0.29) is 17.6 Å². The molecule has 1 unspecified atom stereocenters. The second-order valence-corrected chi connectivity index (χ2v) is 8.03. The van der Waals surface area contributed by atoms with Crippen LogP contribution in [0.4, 0.5) is 10.2 Å². The molecule has 4 aromatic rings. The monoisotopic (exact) mass is 445 g/mol. The third-order valence-electron chi connectivity index (χ3n) is 6.07. The Morgan fingerprint density at radius 2 is 1.82 bits per heavy atom. The minimum Gasteiger partial charge on any atom is -0.351 e. The molecule has 0 radical (unpaired) electrons. The van der Waals surface area contributed by atoms with Gasteiger partial charge in [-0.05, 0) is 30.2 Å². The lowest BCUT2D eigenvalue weighted by atomic mass is 9.95. The third kappa shape index (κ3) is 4.02. The lowest BCUT2D eigenvalue weighted by molar-refractivity contribution is -0.133. The van der Waals surface area contributed by atoms with E-state index in [4.69, 9.17) is 0 Å². The first-order chi connectivity index (χ1) is 16.2. The van der Waals surface area contributed by atoms with Crippen molar-refractivity contribution < 1.29 is 9.18 Å². The molecule has 1 fully saturated rings. The van der Waals surface area contributed by atoms with Gasteiger partial charge in [0.15, 0.2) is 17.0 Å². The van der Waals surface area contributed by atoms with Crippen LogP contribution in [0.5, 0.6) is 0 Å². The number of halogens is 1. The highest BCUT2D eigenvalue weighted by molar-refractivity contribution is 5.85. The summed E-state index contributed by atoms with van der Waals surface area (Å²) in [7, 11) is 0. The highest BCUT2D eigenvalue weighted by atomic mass is 19.1. The molecule has 168 valence electrons. The maximum atomic E-state index is 13.7. The van der Waals surface area contributed by atoms with Gasteiger partial charge in [0.25, 0.3) is 0 Å². The van der Waals surface area contributed by atoms with Crippen molar-refractivity contribution in [2.75, 3.05) is 31.1 Å². The van der Waals surface area contributed by atoms with Gasteiger partial charge in [-0.2, -0.15) is 4.68 Å². The van der Waals surface area contributed by atoms with Crippen LogP contribution in [0.15, 0.2) is 60.9 Å². The molecule has 1 atom stereocenters. The van der Waals surface area contributed by atoms with Gasteiger partial charge < -0.3 is 9.80 Å². The summed E-state index contributed by atoms with van der Waals surface area (Å²) >= 11 is 0. The van der Waals surface area contributed by atoms with Gasteiger partial charge in [0.1, 0.15) is 12.1 Å². The van der Waals surface area contributed by atoms with E-state index in [1.807, 2.05) is 42.2 Å². The van der Waals surface area contributed by atoms with Crippen molar-refractivity contribution in [2.45, 2.75) is 19.3 Å². The molecule has 8 nitrogen and oxygen atoms in total. The van der Waals surface area contributed by atoms with E-state index >= 15 is 0 Å². The standard InChI is InChI=1S/C24H24FN7O/c1-2-20(17-7-4-3-5-8-17)24(33)31-13-11-30(12-14-31)22-21-23(27-16-26-22)32(29-28-21)19-10-6-9-18(25)15-19/h3-10,15-16,20H,2,11-14H2,1H3. The summed E-state index contributed by atoms with van der Waals surface area (Å²) in [6, 6.07) is 16.1. The molecule has 9 heteroatoms. The fourth-order valence-corrected chi connectivity index (χ4v) is 4.35. The zero-order valence-electron chi connectivity index (χ0n) is 18.3. The van der Waals surface area contributed by atoms with Crippen LogP contribution in [0.1, 0.15) is 24.8 Å². The molecule has 0 saturated carbocycles. The number of fused-ring (bicyclic) bond motifs is 1. The van der Waals surface area contributed by atoms with Crippen LogP contribution in [-0.4, -0.2) is 61.9 Å². The largest absolute Gasteiger partial charge is 0.351 e. The summed E-state index contributed by atoms with van der Waals surface area (Å²) in [4.78, 5) is 26.0. The molecule has 1 aliphatic heterocycles. The van der Waals surface area contributed by atoms with Crippen LogP contribution in [0.25, 0.3) is 16.9 Å². The molecule has 3 heterocycles. The van der Waals surface area contributed by atoms with Crippen LogP contribution in [0.2, 0.25) is 0 Å². The Hall–Kier alpha value is -3.88. The van der Waals surface area contributed by atoms with E-state index in [1.54, 1.807) is 12.1 Å². The summed E-state index contributed by atoms with van der Waals surface area (Å²) in [5.74, 6) is 0.347. The van der Waals surface area contributed by atoms with E-state index in [9.17, 15) is 9.18 Å². The highest BCUT2D eigenvalue weighted by Gasteiger charge is 2.29. The lowest BCUT2D eigenvalue weighted by Crippen LogP contribution is -2.50. The van der Waals surface area contributed by atoms with E-state index in [0.717, 1.165) is 12.0 Å². The predicted octanol–water partition coefficient (Wildman–Crippen LogP) is 3.19. The van der Waals surface area contributed by atoms with Crippen molar-refractivity contribution >= 4 is 22.9 Å². The Morgan fingerprint density at radius 3 is 2.55 bits per heavy atom. The molecule has 1 saturated heterocycles. The zero-order chi connectivity index (χ0) is 22.8. The normalized spacial score (nSPS) is 15.1. The molecule has 1 aliphatic rings. The van der Waals surface area contributed by atoms with Crippen LogP contribution in [0, 0.1) is 5.82 Å². The zero-order valence-corrected chi connectivity index (χ0v) is 18.3. The van der Waals surface area contributed by atoms with Gasteiger partial charge in [-0.15, -0.1) is 5.10 Å². The number of piperazine rings is 1. The number of carbonyl (C=O) groups excluding carboxylic acids is 1. The average molecular weight is 446 g/mol. The average Bonchev–Trinajstić information content (AvgIpc) is 3.30. The molecule has 33 heavy (non-hydrogen) atoms. The van der Waals surface area contributed by atoms with Gasteiger partial charge >= 0.3 is 0 Å². The number of rotatable bonds is 5. The van der Waals surface area contributed by atoms with Crippen LogP contribution in [-0.2, 0) is 4.79 Å². The predicted molar refractivity (Wildman–Crippen MR) is 123 cm³/mol. The Balaban J connectivity index is 1.34. The summed E-state index contributed by atoms with van der Waals surface area (Å²) in [5.41, 5.74) is 2.67. The maximum Gasteiger partial charge on any atom is 0.230 e. The number of hydrogen-bond acceptors (Lipinski definition) is 6. The van der Waals surface area contributed by atoms with Crippen molar-refractivity contribution in [1.82, 2.24) is 29.9 Å². The molecule has 2 aromatic carbocycles. The van der Waals surface area contributed by atoms with Gasteiger partial charge in [-0.25, -0.2) is 14.4 Å². The van der Waals surface area contributed by atoms with E-state index in [1.165, 1.54) is 23.1 Å². The summed E-state index contributed by atoms with van der Waals surface area (Å²) in [6.07, 6.45) is 2.23. The molecule has 1 amide bonds. The molecule has 2 aromatic heterocycles.